The molecule has 1 saturated heterocycles. The zero-order valence-corrected chi connectivity index (χ0v) is 14.7. The number of thiophene rings is 1. The van der Waals surface area contributed by atoms with E-state index in [-0.39, 0.29) is 28.9 Å². The molecule has 0 amide bonds. The highest BCUT2D eigenvalue weighted by atomic mass is 32.2. The van der Waals surface area contributed by atoms with Crippen LogP contribution in [0.3, 0.4) is 0 Å². The Morgan fingerprint density at radius 2 is 2.05 bits per heavy atom. The van der Waals surface area contributed by atoms with Crippen LogP contribution in [0.5, 0.6) is 0 Å². The summed E-state index contributed by atoms with van der Waals surface area (Å²) in [5.74, 6) is 0.747. The first-order valence-corrected chi connectivity index (χ1v) is 11.5. The van der Waals surface area contributed by atoms with E-state index in [1.807, 2.05) is 0 Å². The van der Waals surface area contributed by atoms with Gasteiger partial charge in [-0.15, -0.1) is 11.3 Å². The monoisotopic (exact) mass is 371 g/mol. The van der Waals surface area contributed by atoms with Crippen molar-refractivity contribution in [3.63, 3.8) is 0 Å². The summed E-state index contributed by atoms with van der Waals surface area (Å²) < 4.78 is 50.8. The molecule has 2 rings (SSSR count). The highest BCUT2D eigenvalue weighted by Gasteiger charge is 2.41. The Balaban J connectivity index is 2.40. The summed E-state index contributed by atoms with van der Waals surface area (Å²) in [6, 6.07) is 2.96. The number of hydrogen-bond acceptors (Lipinski definition) is 7. The molecule has 0 bridgehead atoms. The van der Waals surface area contributed by atoms with E-state index in [4.69, 9.17) is 5.11 Å². The molecule has 1 aromatic heterocycles. The molecule has 10 heteroatoms. The lowest BCUT2D eigenvalue weighted by Gasteiger charge is -2.33. The summed E-state index contributed by atoms with van der Waals surface area (Å²) in [6.07, 6.45) is 0. The van der Waals surface area contributed by atoms with Gasteiger partial charge in [0, 0.05) is 28.7 Å². The number of rotatable bonds is 5. The summed E-state index contributed by atoms with van der Waals surface area (Å²) in [6.45, 7) is 1.48. The molecule has 1 aromatic rings. The van der Waals surface area contributed by atoms with Crippen molar-refractivity contribution in [1.82, 2.24) is 4.31 Å². The Morgan fingerprint density at radius 1 is 1.33 bits per heavy atom. The molecule has 0 aromatic carbocycles. The zero-order valence-electron chi connectivity index (χ0n) is 11.4. The Labute approximate surface area is 133 Å². The van der Waals surface area contributed by atoms with Crippen molar-refractivity contribution in [2.45, 2.75) is 23.1 Å². The second-order valence-electron chi connectivity index (χ2n) is 4.48. The maximum Gasteiger partial charge on any atom is 0.253 e. The van der Waals surface area contributed by atoms with Gasteiger partial charge < -0.3 is 5.11 Å². The Kier molecular flexibility index (Phi) is 5.37. The number of aliphatic hydroxyl groups excluding tert-OH is 1. The maximum atomic E-state index is 12.7. The van der Waals surface area contributed by atoms with Gasteiger partial charge in [0.25, 0.3) is 10.0 Å². The van der Waals surface area contributed by atoms with Gasteiger partial charge in [-0.2, -0.15) is 16.1 Å². The molecule has 1 aliphatic heterocycles. The van der Waals surface area contributed by atoms with Crippen LogP contribution in [-0.4, -0.2) is 55.4 Å². The normalized spacial score (nSPS) is 21.5. The van der Waals surface area contributed by atoms with Crippen LogP contribution in [0.4, 0.5) is 0 Å². The van der Waals surface area contributed by atoms with Crippen LogP contribution in [0.25, 0.3) is 0 Å². The number of hydrogen-bond donors (Lipinski definition) is 1. The van der Waals surface area contributed by atoms with Crippen LogP contribution in [0.15, 0.2) is 16.3 Å². The van der Waals surface area contributed by atoms with E-state index in [2.05, 4.69) is 0 Å². The van der Waals surface area contributed by atoms with E-state index in [0.29, 0.717) is 10.6 Å². The van der Waals surface area contributed by atoms with Gasteiger partial charge in [0.05, 0.1) is 6.61 Å². The Morgan fingerprint density at radius 3 is 2.62 bits per heavy atom. The molecule has 0 spiro atoms. The van der Waals surface area contributed by atoms with E-state index in [0.717, 1.165) is 15.6 Å². The van der Waals surface area contributed by atoms with Crippen LogP contribution in [-0.2, 0) is 26.5 Å². The predicted octanol–water partition coefficient (Wildman–Crippen LogP) is 0.739. The van der Waals surface area contributed by atoms with Crippen LogP contribution < -0.4 is 0 Å². The van der Waals surface area contributed by atoms with Crippen molar-refractivity contribution in [3.05, 3.63) is 17.0 Å². The fraction of sp³-hybridized carbons (Fsp3) is 0.636. The van der Waals surface area contributed by atoms with Gasteiger partial charge in [-0.1, -0.05) is 6.92 Å². The van der Waals surface area contributed by atoms with Crippen molar-refractivity contribution in [3.8, 4) is 0 Å². The number of sulfone groups is 1. The standard InChI is InChI=1S/C11H17NO5S4/c1-2-20(14,15)10-8-18-6-5-12(10)21(16,17)11-4-3-9(7-13)19-11/h3-4,10,13H,2,5-8H2,1H3. The first kappa shape index (κ1) is 17.2. The first-order chi connectivity index (χ1) is 9.82. The number of nitrogens with zero attached hydrogens (tertiary/aromatic N) is 1. The largest absolute Gasteiger partial charge is 0.391 e. The molecular weight excluding hydrogens is 354 g/mol. The number of thioether (sulfide) groups is 1. The topological polar surface area (TPSA) is 91.8 Å². The van der Waals surface area contributed by atoms with E-state index in [1.165, 1.54) is 24.8 Å². The lowest BCUT2D eigenvalue weighted by atomic mass is 10.5. The van der Waals surface area contributed by atoms with Gasteiger partial charge >= 0.3 is 0 Å². The second-order valence-corrected chi connectivity index (χ2v) is 11.4. The van der Waals surface area contributed by atoms with Gasteiger partial charge in [-0.3, -0.25) is 0 Å². The number of sulfonamides is 1. The maximum absolute atomic E-state index is 12.7. The SMILES string of the molecule is CCS(=O)(=O)C1CSCCN1S(=O)(=O)c1ccc(CO)s1. The van der Waals surface area contributed by atoms with E-state index in [9.17, 15) is 16.8 Å². The third-order valence-corrected chi connectivity index (χ3v) is 10.1. The molecule has 120 valence electrons. The summed E-state index contributed by atoms with van der Waals surface area (Å²) in [7, 11) is -7.32. The molecule has 2 heterocycles. The van der Waals surface area contributed by atoms with Crippen molar-refractivity contribution >= 4 is 43.0 Å². The van der Waals surface area contributed by atoms with Gasteiger partial charge in [0.2, 0.25) is 0 Å². The van der Waals surface area contributed by atoms with Crippen LogP contribution >= 0.6 is 23.1 Å². The summed E-state index contributed by atoms with van der Waals surface area (Å²) >= 11 is 2.42. The molecule has 0 saturated carbocycles. The highest BCUT2D eigenvalue weighted by molar-refractivity contribution is 8.01. The fourth-order valence-corrected chi connectivity index (χ4v) is 8.61. The summed E-state index contributed by atoms with van der Waals surface area (Å²) in [5, 5.41) is 8.04. The minimum absolute atomic E-state index is 0.0785. The zero-order chi connectivity index (χ0) is 15.7. The average Bonchev–Trinajstić information content (AvgIpc) is 2.97. The second kappa shape index (κ2) is 6.55. The van der Waals surface area contributed by atoms with Crippen LogP contribution in [0, 0.1) is 0 Å². The van der Waals surface area contributed by atoms with E-state index >= 15 is 0 Å². The molecule has 1 N–H and O–H groups in total. The molecule has 6 nitrogen and oxygen atoms in total. The molecular formula is C11H17NO5S4. The van der Waals surface area contributed by atoms with Gasteiger partial charge in [-0.05, 0) is 12.1 Å². The fourth-order valence-electron chi connectivity index (χ4n) is 2.01. The summed E-state index contributed by atoms with van der Waals surface area (Å²) in [5.41, 5.74) is 0. The molecule has 1 fully saturated rings. The Hall–Kier alpha value is -0.130. The minimum atomic E-state index is -3.85. The summed E-state index contributed by atoms with van der Waals surface area (Å²) in [4.78, 5) is 0.537. The van der Waals surface area contributed by atoms with E-state index < -0.39 is 25.2 Å². The van der Waals surface area contributed by atoms with Gasteiger partial charge in [-0.25, -0.2) is 16.8 Å². The van der Waals surface area contributed by atoms with Crippen molar-refractivity contribution in [1.29, 1.82) is 0 Å². The third kappa shape index (κ3) is 3.45. The van der Waals surface area contributed by atoms with Crippen LogP contribution in [0.1, 0.15) is 11.8 Å². The van der Waals surface area contributed by atoms with E-state index in [1.54, 1.807) is 6.07 Å². The lowest BCUT2D eigenvalue weighted by molar-refractivity contribution is 0.285. The van der Waals surface area contributed by atoms with Gasteiger partial charge in [0.15, 0.2) is 9.84 Å². The average molecular weight is 372 g/mol. The quantitative estimate of drug-likeness (QED) is 0.821. The van der Waals surface area contributed by atoms with Gasteiger partial charge in [0.1, 0.15) is 9.58 Å². The molecule has 21 heavy (non-hydrogen) atoms. The van der Waals surface area contributed by atoms with Crippen LogP contribution in [0.2, 0.25) is 0 Å². The minimum Gasteiger partial charge on any atom is -0.391 e. The highest BCUT2D eigenvalue weighted by Crippen LogP contribution is 2.31. The van der Waals surface area contributed by atoms with Crippen molar-refractivity contribution in [2.75, 3.05) is 23.8 Å². The predicted molar refractivity (Wildman–Crippen MR) is 84.7 cm³/mol. The smallest absolute Gasteiger partial charge is 0.253 e. The molecule has 1 unspecified atom stereocenters. The lowest BCUT2D eigenvalue weighted by Crippen LogP contribution is -2.50. The molecule has 0 radical (unpaired) electrons. The van der Waals surface area contributed by atoms with Crippen molar-refractivity contribution < 1.29 is 21.9 Å². The first-order valence-electron chi connectivity index (χ1n) is 6.33. The number of aliphatic hydroxyl groups is 1. The molecule has 1 atom stereocenters. The Bertz CT molecular complexity index is 694. The third-order valence-electron chi connectivity index (χ3n) is 3.21. The molecule has 1 aliphatic rings. The van der Waals surface area contributed by atoms with Crippen molar-refractivity contribution in [2.24, 2.45) is 0 Å². The molecule has 0 aliphatic carbocycles.